The molecule has 0 fully saturated rings. The highest BCUT2D eigenvalue weighted by Crippen LogP contribution is 2.14. The molecule has 15 heavy (non-hydrogen) atoms. The van der Waals surface area contributed by atoms with Crippen molar-refractivity contribution in [1.29, 1.82) is 0 Å². The van der Waals surface area contributed by atoms with Crippen molar-refractivity contribution in [2.45, 2.75) is 0 Å². The van der Waals surface area contributed by atoms with Crippen LogP contribution in [0.1, 0.15) is 10.4 Å². The van der Waals surface area contributed by atoms with Crippen LogP contribution in [0.15, 0.2) is 24.3 Å². The van der Waals surface area contributed by atoms with Crippen molar-refractivity contribution in [1.82, 2.24) is 16.2 Å². The number of benzene rings is 1. The summed E-state index contributed by atoms with van der Waals surface area (Å²) >= 11 is 0. The van der Waals surface area contributed by atoms with Crippen LogP contribution in [0, 0.1) is 0 Å². The maximum Gasteiger partial charge on any atom is 0.333 e. The largest absolute Gasteiger partial charge is 0.507 e. The standard InChI is InChI=1S/C9H11N3O3/c1-10-9(15)12-11-8(14)6-4-2-3-5-7(6)13/h2-5,13H,1H3,(H,11,14)(H2,10,12,15). The molecule has 0 aromatic heterocycles. The number of rotatable bonds is 1. The molecular formula is C9H11N3O3. The number of para-hydroxylation sites is 1. The number of hydrazine groups is 1. The Kier molecular flexibility index (Phi) is 3.50. The minimum atomic E-state index is -0.586. The van der Waals surface area contributed by atoms with Crippen molar-refractivity contribution < 1.29 is 14.7 Å². The molecule has 0 aliphatic rings. The van der Waals surface area contributed by atoms with Gasteiger partial charge in [-0.3, -0.25) is 10.2 Å². The molecule has 0 aliphatic carbocycles. The molecule has 0 bridgehead atoms. The molecule has 0 saturated carbocycles. The zero-order valence-corrected chi connectivity index (χ0v) is 8.07. The number of hydrogen-bond acceptors (Lipinski definition) is 3. The van der Waals surface area contributed by atoms with Gasteiger partial charge in [0, 0.05) is 7.05 Å². The summed E-state index contributed by atoms with van der Waals surface area (Å²) in [6.07, 6.45) is 0. The molecule has 80 valence electrons. The number of aromatic hydroxyl groups is 1. The van der Waals surface area contributed by atoms with Crippen molar-refractivity contribution in [3.63, 3.8) is 0 Å². The molecule has 0 heterocycles. The summed E-state index contributed by atoms with van der Waals surface area (Å²) in [6, 6.07) is 5.48. The topological polar surface area (TPSA) is 90.5 Å². The molecule has 1 aromatic carbocycles. The Morgan fingerprint density at radius 1 is 1.20 bits per heavy atom. The lowest BCUT2D eigenvalue weighted by molar-refractivity contribution is 0.0934. The van der Waals surface area contributed by atoms with Gasteiger partial charge < -0.3 is 10.4 Å². The third-order valence-electron chi connectivity index (χ3n) is 1.67. The first-order valence-electron chi connectivity index (χ1n) is 4.21. The van der Waals surface area contributed by atoms with E-state index in [-0.39, 0.29) is 11.3 Å². The van der Waals surface area contributed by atoms with Crippen LogP contribution < -0.4 is 16.2 Å². The van der Waals surface area contributed by atoms with Crippen LogP contribution in [0.25, 0.3) is 0 Å². The smallest absolute Gasteiger partial charge is 0.333 e. The Hall–Kier alpha value is -2.24. The fourth-order valence-electron chi connectivity index (χ4n) is 0.909. The van der Waals surface area contributed by atoms with Crippen LogP contribution >= 0.6 is 0 Å². The first kappa shape index (κ1) is 10.8. The zero-order valence-electron chi connectivity index (χ0n) is 8.07. The van der Waals surface area contributed by atoms with E-state index in [0.717, 1.165) is 0 Å². The van der Waals surface area contributed by atoms with E-state index in [1.165, 1.54) is 19.2 Å². The van der Waals surface area contributed by atoms with E-state index in [0.29, 0.717) is 0 Å². The molecular weight excluding hydrogens is 198 g/mol. The van der Waals surface area contributed by atoms with E-state index in [1.54, 1.807) is 12.1 Å². The third kappa shape index (κ3) is 2.87. The van der Waals surface area contributed by atoms with Gasteiger partial charge in [-0.2, -0.15) is 0 Å². The average Bonchev–Trinajstić information content (AvgIpc) is 2.26. The minimum Gasteiger partial charge on any atom is -0.507 e. The molecule has 0 unspecified atom stereocenters. The van der Waals surface area contributed by atoms with Crippen molar-refractivity contribution in [2.24, 2.45) is 0 Å². The zero-order chi connectivity index (χ0) is 11.3. The van der Waals surface area contributed by atoms with Gasteiger partial charge in [-0.15, -0.1) is 0 Å². The van der Waals surface area contributed by atoms with Gasteiger partial charge in [0.05, 0.1) is 5.56 Å². The van der Waals surface area contributed by atoms with Crippen LogP contribution in [0.5, 0.6) is 5.75 Å². The molecule has 1 rings (SSSR count). The summed E-state index contributed by atoms with van der Waals surface area (Å²) in [5, 5.41) is 11.6. The fourth-order valence-corrected chi connectivity index (χ4v) is 0.909. The highest BCUT2D eigenvalue weighted by atomic mass is 16.3. The van der Waals surface area contributed by atoms with E-state index >= 15 is 0 Å². The molecule has 1 aromatic rings. The fraction of sp³-hybridized carbons (Fsp3) is 0.111. The van der Waals surface area contributed by atoms with Crippen LogP contribution in [-0.2, 0) is 0 Å². The predicted octanol–water partition coefficient (Wildman–Crippen LogP) is -0.0340. The van der Waals surface area contributed by atoms with Gasteiger partial charge in [0.25, 0.3) is 5.91 Å². The maximum absolute atomic E-state index is 11.4. The Morgan fingerprint density at radius 2 is 1.87 bits per heavy atom. The molecule has 0 atom stereocenters. The quantitative estimate of drug-likeness (QED) is 0.489. The van der Waals surface area contributed by atoms with Gasteiger partial charge in [0.15, 0.2) is 0 Å². The van der Waals surface area contributed by atoms with Crippen molar-refractivity contribution in [3.8, 4) is 5.75 Å². The summed E-state index contributed by atoms with van der Waals surface area (Å²) in [5.74, 6) is -0.731. The highest BCUT2D eigenvalue weighted by Gasteiger charge is 2.09. The van der Waals surface area contributed by atoms with Gasteiger partial charge in [0.1, 0.15) is 5.75 Å². The maximum atomic E-state index is 11.4. The number of nitrogens with one attached hydrogen (secondary N) is 3. The predicted molar refractivity (Wildman–Crippen MR) is 53.2 cm³/mol. The van der Waals surface area contributed by atoms with E-state index in [1.807, 2.05) is 0 Å². The lowest BCUT2D eigenvalue weighted by atomic mass is 10.2. The number of amides is 3. The first-order valence-corrected chi connectivity index (χ1v) is 4.21. The number of carbonyl (C=O) groups is 2. The average molecular weight is 209 g/mol. The normalized spacial score (nSPS) is 9.13. The van der Waals surface area contributed by atoms with Gasteiger partial charge in [0.2, 0.25) is 0 Å². The van der Waals surface area contributed by atoms with Crippen LogP contribution in [-0.4, -0.2) is 24.1 Å². The highest BCUT2D eigenvalue weighted by molar-refractivity contribution is 5.97. The van der Waals surface area contributed by atoms with Crippen LogP contribution in [0.2, 0.25) is 0 Å². The summed E-state index contributed by atoms with van der Waals surface area (Å²) in [6.45, 7) is 0. The lowest BCUT2D eigenvalue weighted by Crippen LogP contribution is -2.45. The van der Waals surface area contributed by atoms with Crippen molar-refractivity contribution in [2.75, 3.05) is 7.05 Å². The SMILES string of the molecule is CNC(=O)NNC(=O)c1ccccc1O. The Morgan fingerprint density at radius 3 is 2.47 bits per heavy atom. The molecule has 4 N–H and O–H groups in total. The second kappa shape index (κ2) is 4.85. The molecule has 0 radical (unpaired) electrons. The summed E-state index contributed by atoms with van der Waals surface area (Å²) in [7, 11) is 1.42. The van der Waals surface area contributed by atoms with Gasteiger partial charge >= 0.3 is 6.03 Å². The molecule has 6 nitrogen and oxygen atoms in total. The summed E-state index contributed by atoms with van der Waals surface area (Å²) in [5.41, 5.74) is 4.32. The van der Waals surface area contributed by atoms with E-state index in [9.17, 15) is 14.7 Å². The Balaban J connectivity index is 2.62. The summed E-state index contributed by atoms with van der Waals surface area (Å²) < 4.78 is 0. The molecule has 0 aliphatic heterocycles. The van der Waals surface area contributed by atoms with Crippen molar-refractivity contribution >= 4 is 11.9 Å². The minimum absolute atomic E-state index is 0.0916. The molecule has 0 spiro atoms. The molecule has 6 heteroatoms. The molecule has 3 amide bonds. The number of phenols is 1. The number of phenolic OH excluding ortho intramolecular Hbond substituents is 1. The lowest BCUT2D eigenvalue weighted by Gasteiger charge is -2.07. The Labute approximate surface area is 86.3 Å². The monoisotopic (exact) mass is 209 g/mol. The van der Waals surface area contributed by atoms with E-state index in [2.05, 4.69) is 16.2 Å². The van der Waals surface area contributed by atoms with Crippen molar-refractivity contribution in [3.05, 3.63) is 29.8 Å². The molecule has 0 saturated heterocycles. The number of urea groups is 1. The second-order valence-electron chi connectivity index (χ2n) is 2.68. The second-order valence-corrected chi connectivity index (χ2v) is 2.68. The van der Waals surface area contributed by atoms with E-state index in [4.69, 9.17) is 0 Å². The van der Waals surface area contributed by atoms with Crippen LogP contribution in [0.4, 0.5) is 4.79 Å². The number of hydrogen-bond donors (Lipinski definition) is 4. The van der Waals surface area contributed by atoms with Gasteiger partial charge in [-0.25, -0.2) is 10.2 Å². The van der Waals surface area contributed by atoms with Crippen LogP contribution in [0.3, 0.4) is 0 Å². The van der Waals surface area contributed by atoms with Gasteiger partial charge in [-0.1, -0.05) is 12.1 Å². The van der Waals surface area contributed by atoms with Gasteiger partial charge in [-0.05, 0) is 12.1 Å². The third-order valence-corrected chi connectivity index (χ3v) is 1.67. The number of carbonyl (C=O) groups excluding carboxylic acids is 2. The summed E-state index contributed by atoms with van der Waals surface area (Å²) in [4.78, 5) is 22.1. The Bertz CT molecular complexity index is 379. The van der Waals surface area contributed by atoms with E-state index < -0.39 is 11.9 Å². The first-order chi connectivity index (χ1) is 7.15.